The zero-order valence-electron chi connectivity index (χ0n) is 20.2. The van der Waals surface area contributed by atoms with Crippen molar-refractivity contribution >= 4 is 37.5 Å². The summed E-state index contributed by atoms with van der Waals surface area (Å²) in [5.41, 5.74) is 2.17. The third-order valence-electron chi connectivity index (χ3n) is 5.76. The van der Waals surface area contributed by atoms with Crippen molar-refractivity contribution in [3.63, 3.8) is 0 Å². The molecule has 1 N–H and O–H groups in total. The molecule has 0 aliphatic carbocycles. The van der Waals surface area contributed by atoms with Crippen molar-refractivity contribution in [1.29, 1.82) is 0 Å². The Morgan fingerprint density at radius 3 is 2.42 bits per heavy atom. The van der Waals surface area contributed by atoms with E-state index in [2.05, 4.69) is 21.2 Å². The van der Waals surface area contributed by atoms with E-state index in [1.54, 1.807) is 36.4 Å². The molecule has 8 nitrogen and oxygen atoms in total. The molecule has 4 rings (SSSR count). The van der Waals surface area contributed by atoms with Crippen LogP contribution < -0.4 is 23.8 Å². The number of nitrogens with zero attached hydrogens (tertiary/aromatic N) is 1. The lowest BCUT2D eigenvalue weighted by Crippen LogP contribution is -2.41. The quantitative estimate of drug-likeness (QED) is 0.422. The number of hydrogen-bond donors (Lipinski definition) is 1. The molecular formula is C26H27BrN2O6S. The normalized spacial score (nSPS) is 13.6. The van der Waals surface area contributed by atoms with Gasteiger partial charge in [-0.15, -0.1) is 0 Å². The van der Waals surface area contributed by atoms with Crippen molar-refractivity contribution in [3.8, 4) is 17.2 Å². The van der Waals surface area contributed by atoms with Crippen LogP contribution in [-0.4, -0.2) is 41.2 Å². The average molecular weight is 575 g/mol. The maximum absolute atomic E-state index is 13.7. The van der Waals surface area contributed by atoms with Crippen LogP contribution >= 0.6 is 15.9 Å². The Hall–Kier alpha value is -3.24. The van der Waals surface area contributed by atoms with E-state index >= 15 is 0 Å². The summed E-state index contributed by atoms with van der Waals surface area (Å²) in [4.78, 5) is 13.1. The number of ether oxygens (including phenoxy) is 3. The molecule has 1 aliphatic heterocycles. The summed E-state index contributed by atoms with van der Waals surface area (Å²) in [6.45, 7) is 4.29. The molecule has 0 radical (unpaired) electrons. The molecule has 10 heteroatoms. The minimum Gasteiger partial charge on any atom is -0.496 e. The molecule has 0 spiro atoms. The average Bonchev–Trinajstić information content (AvgIpc) is 2.87. The molecule has 1 heterocycles. The molecule has 1 amide bonds. The molecule has 1 unspecified atom stereocenters. The summed E-state index contributed by atoms with van der Waals surface area (Å²) in [6.07, 6.45) is 0. The monoisotopic (exact) mass is 574 g/mol. The molecule has 0 saturated heterocycles. The molecule has 0 bridgehead atoms. The van der Waals surface area contributed by atoms with Gasteiger partial charge < -0.3 is 19.5 Å². The Balaban J connectivity index is 1.59. The zero-order valence-corrected chi connectivity index (χ0v) is 22.6. The van der Waals surface area contributed by atoms with Crippen molar-refractivity contribution in [2.45, 2.75) is 24.8 Å². The van der Waals surface area contributed by atoms with E-state index in [9.17, 15) is 13.2 Å². The van der Waals surface area contributed by atoms with Crippen LogP contribution in [0.15, 0.2) is 70.0 Å². The lowest BCUT2D eigenvalue weighted by molar-refractivity contribution is -0.120. The van der Waals surface area contributed by atoms with E-state index in [-0.39, 0.29) is 10.9 Å². The number of carbonyl (C=O) groups is 1. The van der Waals surface area contributed by atoms with Gasteiger partial charge in [-0.3, -0.25) is 9.10 Å². The number of anilines is 1. The van der Waals surface area contributed by atoms with Crippen molar-refractivity contribution in [1.82, 2.24) is 5.32 Å². The van der Waals surface area contributed by atoms with Crippen LogP contribution in [0, 0.1) is 6.92 Å². The highest BCUT2D eigenvalue weighted by Gasteiger charge is 2.28. The SMILES string of the molecule is COc1ccc(S(=O)(=O)N(CC(=O)NC(C)c2ccc3c(c2)OCCO3)c2ccc(C)cc2)cc1Br. The molecule has 0 fully saturated rings. The van der Waals surface area contributed by atoms with Gasteiger partial charge in [0.05, 0.1) is 28.2 Å². The smallest absolute Gasteiger partial charge is 0.264 e. The van der Waals surface area contributed by atoms with Gasteiger partial charge in [-0.05, 0) is 77.8 Å². The maximum atomic E-state index is 13.7. The van der Waals surface area contributed by atoms with E-state index in [1.165, 1.54) is 19.2 Å². The summed E-state index contributed by atoms with van der Waals surface area (Å²) in [5, 5.41) is 2.90. The van der Waals surface area contributed by atoms with E-state index in [0.717, 1.165) is 15.4 Å². The number of benzene rings is 3. The van der Waals surface area contributed by atoms with Gasteiger partial charge in [-0.1, -0.05) is 23.8 Å². The molecular weight excluding hydrogens is 548 g/mol. The summed E-state index contributed by atoms with van der Waals surface area (Å²) in [7, 11) is -2.57. The second-order valence-corrected chi connectivity index (χ2v) is 11.1. The number of amides is 1. The topological polar surface area (TPSA) is 94.2 Å². The van der Waals surface area contributed by atoms with Gasteiger partial charge in [0.15, 0.2) is 11.5 Å². The number of aryl methyl sites for hydroxylation is 1. The van der Waals surface area contributed by atoms with Crippen LogP contribution in [-0.2, 0) is 14.8 Å². The van der Waals surface area contributed by atoms with E-state index in [1.807, 2.05) is 26.0 Å². The lowest BCUT2D eigenvalue weighted by atomic mass is 10.1. The first-order valence-electron chi connectivity index (χ1n) is 11.3. The predicted octanol–water partition coefficient (Wildman–Crippen LogP) is 4.61. The van der Waals surface area contributed by atoms with E-state index < -0.39 is 22.5 Å². The second-order valence-electron chi connectivity index (χ2n) is 8.34. The molecule has 3 aromatic rings. The number of halogens is 1. The summed E-state index contributed by atoms with van der Waals surface area (Å²) >= 11 is 3.34. The highest BCUT2D eigenvalue weighted by atomic mass is 79.9. The van der Waals surface area contributed by atoms with Gasteiger partial charge in [0.1, 0.15) is 25.5 Å². The van der Waals surface area contributed by atoms with Gasteiger partial charge in [-0.2, -0.15) is 0 Å². The van der Waals surface area contributed by atoms with Crippen LogP contribution in [0.2, 0.25) is 0 Å². The minimum absolute atomic E-state index is 0.0310. The fraction of sp³-hybridized carbons (Fsp3) is 0.269. The van der Waals surface area contributed by atoms with Crippen LogP contribution in [0.5, 0.6) is 17.2 Å². The third kappa shape index (κ3) is 5.60. The van der Waals surface area contributed by atoms with Crippen molar-refractivity contribution in [2.24, 2.45) is 0 Å². The largest absolute Gasteiger partial charge is 0.496 e. The molecule has 0 aromatic heterocycles. The Kier molecular flexibility index (Phi) is 7.75. The number of rotatable bonds is 8. The number of fused-ring (bicyclic) bond motifs is 1. The van der Waals surface area contributed by atoms with Gasteiger partial charge in [-0.25, -0.2) is 8.42 Å². The third-order valence-corrected chi connectivity index (χ3v) is 8.15. The Morgan fingerprint density at radius 2 is 1.75 bits per heavy atom. The van der Waals surface area contributed by atoms with Gasteiger partial charge in [0.2, 0.25) is 5.91 Å². The first-order valence-corrected chi connectivity index (χ1v) is 13.5. The first-order chi connectivity index (χ1) is 17.2. The maximum Gasteiger partial charge on any atom is 0.264 e. The lowest BCUT2D eigenvalue weighted by Gasteiger charge is -2.26. The minimum atomic E-state index is -4.07. The Morgan fingerprint density at radius 1 is 1.06 bits per heavy atom. The van der Waals surface area contributed by atoms with E-state index in [0.29, 0.717) is 40.6 Å². The fourth-order valence-corrected chi connectivity index (χ4v) is 5.93. The number of hydrogen-bond acceptors (Lipinski definition) is 6. The van der Waals surface area contributed by atoms with E-state index in [4.69, 9.17) is 14.2 Å². The number of methoxy groups -OCH3 is 1. The van der Waals surface area contributed by atoms with Crippen molar-refractivity contribution in [2.75, 3.05) is 31.2 Å². The number of carbonyl (C=O) groups excluding carboxylic acids is 1. The summed E-state index contributed by atoms with van der Waals surface area (Å²) in [5.74, 6) is 1.33. The van der Waals surface area contributed by atoms with Gasteiger partial charge >= 0.3 is 0 Å². The van der Waals surface area contributed by atoms with Crippen LogP contribution in [0.25, 0.3) is 0 Å². The molecule has 1 atom stereocenters. The summed E-state index contributed by atoms with van der Waals surface area (Å²) in [6, 6.07) is 16.5. The molecule has 36 heavy (non-hydrogen) atoms. The van der Waals surface area contributed by atoms with Crippen LogP contribution in [0.1, 0.15) is 24.1 Å². The van der Waals surface area contributed by atoms with Gasteiger partial charge in [0, 0.05) is 0 Å². The molecule has 190 valence electrons. The Labute approximate surface area is 219 Å². The van der Waals surface area contributed by atoms with Gasteiger partial charge in [0.25, 0.3) is 10.0 Å². The van der Waals surface area contributed by atoms with Crippen LogP contribution in [0.3, 0.4) is 0 Å². The number of nitrogens with one attached hydrogen (secondary N) is 1. The number of sulfonamides is 1. The summed E-state index contributed by atoms with van der Waals surface area (Å²) < 4.78 is 45.4. The highest BCUT2D eigenvalue weighted by molar-refractivity contribution is 9.10. The van der Waals surface area contributed by atoms with Crippen LogP contribution in [0.4, 0.5) is 5.69 Å². The first kappa shape index (κ1) is 25.8. The molecule has 3 aromatic carbocycles. The second kappa shape index (κ2) is 10.8. The predicted molar refractivity (Wildman–Crippen MR) is 140 cm³/mol. The zero-order chi connectivity index (χ0) is 25.9. The standard InChI is InChI=1S/C26H27BrN2O6S/c1-17-4-7-20(8-5-17)29(36(31,32)21-9-11-23(33-3)22(27)15-21)16-26(30)28-18(2)19-6-10-24-25(14-19)35-13-12-34-24/h4-11,14-15,18H,12-13,16H2,1-3H3,(H,28,30). The fourth-order valence-electron chi connectivity index (χ4n) is 3.79. The molecule has 1 aliphatic rings. The highest BCUT2D eigenvalue weighted by Crippen LogP contribution is 2.33. The van der Waals surface area contributed by atoms with Crippen molar-refractivity contribution < 1.29 is 27.4 Å². The Bertz CT molecular complexity index is 1360. The van der Waals surface area contributed by atoms with Crippen molar-refractivity contribution in [3.05, 3.63) is 76.3 Å². The molecule has 0 saturated carbocycles.